The lowest BCUT2D eigenvalue weighted by atomic mass is 10.2. The monoisotopic (exact) mass is 266 g/mol. The molecule has 2 rings (SSSR count). The number of fused-ring (bicyclic) bond motifs is 1. The zero-order valence-corrected chi connectivity index (χ0v) is 10.6. The van der Waals surface area contributed by atoms with E-state index in [1.165, 1.54) is 12.1 Å². The summed E-state index contributed by atoms with van der Waals surface area (Å²) in [6.07, 6.45) is 0. The van der Waals surface area contributed by atoms with Gasteiger partial charge in [0.2, 0.25) is 5.52 Å². The Morgan fingerprint density at radius 3 is 2.84 bits per heavy atom. The largest absolute Gasteiger partial charge is 0.490 e. The molecule has 0 aliphatic rings. The molecule has 1 N–H and O–H groups in total. The molecule has 102 valence electrons. The zero-order valence-electron chi connectivity index (χ0n) is 10.6. The number of non-ortho nitro benzene ring substituents is 1. The van der Waals surface area contributed by atoms with E-state index >= 15 is 0 Å². The van der Waals surface area contributed by atoms with E-state index in [2.05, 4.69) is 20.3 Å². The number of benzene rings is 1. The number of hydrogen-bond donors (Lipinski definition) is 1. The number of hydrogen-bond acceptors (Lipinski definition) is 7. The molecule has 0 aliphatic heterocycles. The lowest BCUT2D eigenvalue weighted by molar-refractivity contribution is -0.383. The maximum Gasteiger partial charge on any atom is 0.301 e. The Kier molecular flexibility index (Phi) is 3.91. The highest BCUT2D eigenvalue weighted by atomic mass is 16.6. The van der Waals surface area contributed by atoms with Crippen molar-refractivity contribution in [1.29, 1.82) is 0 Å². The van der Waals surface area contributed by atoms with Gasteiger partial charge < -0.3 is 10.1 Å². The van der Waals surface area contributed by atoms with E-state index in [9.17, 15) is 10.1 Å². The minimum absolute atomic E-state index is 0.0966. The normalized spacial score (nSPS) is 11.1. The van der Waals surface area contributed by atoms with Crippen molar-refractivity contribution in [3.63, 3.8) is 0 Å². The van der Waals surface area contributed by atoms with Crippen LogP contribution in [0.15, 0.2) is 16.8 Å². The quantitative estimate of drug-likeness (QED) is 0.480. The van der Waals surface area contributed by atoms with Crippen molar-refractivity contribution in [1.82, 2.24) is 15.6 Å². The molecule has 8 heteroatoms. The van der Waals surface area contributed by atoms with Crippen LogP contribution >= 0.6 is 0 Å². The second-order valence-electron chi connectivity index (χ2n) is 4.26. The van der Waals surface area contributed by atoms with Crippen molar-refractivity contribution in [3.8, 4) is 5.75 Å². The molecule has 0 bridgehead atoms. The molecule has 2 aromatic rings. The minimum Gasteiger partial charge on any atom is -0.490 e. The molecule has 19 heavy (non-hydrogen) atoms. The van der Waals surface area contributed by atoms with E-state index in [-0.39, 0.29) is 16.7 Å². The third kappa shape index (κ3) is 2.97. The summed E-state index contributed by atoms with van der Waals surface area (Å²) in [6, 6.07) is 3.20. The van der Waals surface area contributed by atoms with Crippen molar-refractivity contribution in [2.75, 3.05) is 13.2 Å². The van der Waals surface area contributed by atoms with Gasteiger partial charge in [-0.05, 0) is 16.4 Å². The fourth-order valence-electron chi connectivity index (χ4n) is 1.60. The third-order valence-corrected chi connectivity index (χ3v) is 2.47. The van der Waals surface area contributed by atoms with E-state index in [0.29, 0.717) is 24.9 Å². The van der Waals surface area contributed by atoms with Gasteiger partial charge in [-0.15, -0.1) is 0 Å². The first kappa shape index (κ1) is 13.2. The number of nitro benzene ring substituents is 1. The first-order chi connectivity index (χ1) is 9.09. The van der Waals surface area contributed by atoms with E-state index < -0.39 is 4.92 Å². The van der Waals surface area contributed by atoms with Gasteiger partial charge in [0.25, 0.3) is 0 Å². The van der Waals surface area contributed by atoms with Crippen LogP contribution in [0.4, 0.5) is 5.69 Å². The van der Waals surface area contributed by atoms with Crippen LogP contribution in [0.2, 0.25) is 0 Å². The fraction of sp³-hybridized carbons (Fsp3) is 0.455. The van der Waals surface area contributed by atoms with Crippen LogP contribution in [-0.4, -0.2) is 34.4 Å². The van der Waals surface area contributed by atoms with Crippen LogP contribution in [0.5, 0.6) is 5.75 Å². The first-order valence-electron chi connectivity index (χ1n) is 5.85. The summed E-state index contributed by atoms with van der Waals surface area (Å²) >= 11 is 0. The van der Waals surface area contributed by atoms with Gasteiger partial charge in [0, 0.05) is 18.7 Å². The first-order valence-corrected chi connectivity index (χ1v) is 5.85. The van der Waals surface area contributed by atoms with Crippen LogP contribution in [-0.2, 0) is 0 Å². The Balaban J connectivity index is 2.14. The highest BCUT2D eigenvalue weighted by molar-refractivity contribution is 5.88. The maximum absolute atomic E-state index is 10.8. The number of nitrogens with zero attached hydrogens (tertiary/aromatic N) is 3. The highest BCUT2D eigenvalue weighted by Gasteiger charge is 2.20. The van der Waals surface area contributed by atoms with Gasteiger partial charge in [0.1, 0.15) is 6.61 Å². The second kappa shape index (κ2) is 5.61. The standard InChI is InChI=1S/C11H14N4O4/c1-7(2)12-5-6-18-9-4-3-8(15(16)17)10-11(9)14-19-13-10/h3-4,7,12H,5-6H2,1-2H3. The Morgan fingerprint density at radius 2 is 2.16 bits per heavy atom. The van der Waals surface area contributed by atoms with Crippen molar-refractivity contribution >= 4 is 16.7 Å². The Morgan fingerprint density at radius 1 is 1.42 bits per heavy atom. The van der Waals surface area contributed by atoms with E-state index in [1.807, 2.05) is 13.8 Å². The fourth-order valence-corrected chi connectivity index (χ4v) is 1.60. The number of rotatable bonds is 6. The third-order valence-electron chi connectivity index (χ3n) is 2.47. The number of nitro groups is 1. The van der Waals surface area contributed by atoms with Crippen LogP contribution < -0.4 is 10.1 Å². The van der Waals surface area contributed by atoms with Crippen LogP contribution in [0.25, 0.3) is 11.0 Å². The lowest BCUT2D eigenvalue weighted by Gasteiger charge is -2.09. The van der Waals surface area contributed by atoms with Crippen LogP contribution in [0.1, 0.15) is 13.8 Å². The predicted molar refractivity (Wildman–Crippen MR) is 67.1 cm³/mol. The van der Waals surface area contributed by atoms with E-state index in [4.69, 9.17) is 4.74 Å². The molecule has 8 nitrogen and oxygen atoms in total. The lowest BCUT2D eigenvalue weighted by Crippen LogP contribution is -2.27. The summed E-state index contributed by atoms with van der Waals surface area (Å²) in [5.41, 5.74) is 0.210. The van der Waals surface area contributed by atoms with E-state index in [0.717, 1.165) is 0 Å². The SMILES string of the molecule is CC(C)NCCOc1ccc([N+](=O)[O-])c2nonc12. The Labute approximate surface area is 108 Å². The van der Waals surface area contributed by atoms with Gasteiger partial charge in [0.05, 0.1) is 4.92 Å². The van der Waals surface area contributed by atoms with Crippen molar-refractivity contribution in [2.45, 2.75) is 19.9 Å². The summed E-state index contributed by atoms with van der Waals surface area (Å²) in [5.74, 6) is 0.424. The molecule has 0 spiro atoms. The van der Waals surface area contributed by atoms with Gasteiger partial charge in [0.15, 0.2) is 11.3 Å². The second-order valence-corrected chi connectivity index (χ2v) is 4.26. The highest BCUT2D eigenvalue weighted by Crippen LogP contribution is 2.30. The summed E-state index contributed by atoms with van der Waals surface area (Å²) in [7, 11) is 0. The molecular formula is C11H14N4O4. The summed E-state index contributed by atoms with van der Waals surface area (Å²) in [5, 5.41) is 21.2. The molecule has 1 aromatic heterocycles. The molecule has 0 fully saturated rings. The molecule has 1 aromatic carbocycles. The van der Waals surface area contributed by atoms with Crippen LogP contribution in [0.3, 0.4) is 0 Å². The summed E-state index contributed by atoms with van der Waals surface area (Å²) in [4.78, 5) is 10.3. The van der Waals surface area contributed by atoms with Gasteiger partial charge in [-0.2, -0.15) is 0 Å². The number of aromatic nitrogens is 2. The Bertz CT molecular complexity index is 581. The van der Waals surface area contributed by atoms with Crippen LogP contribution in [0, 0.1) is 10.1 Å². The molecule has 0 unspecified atom stereocenters. The molecular weight excluding hydrogens is 252 g/mol. The zero-order chi connectivity index (χ0) is 13.8. The van der Waals surface area contributed by atoms with Gasteiger partial charge >= 0.3 is 5.69 Å². The Hall–Kier alpha value is -2.22. The predicted octanol–water partition coefficient (Wildman–Crippen LogP) is 1.51. The summed E-state index contributed by atoms with van der Waals surface area (Å²) in [6.45, 7) is 5.16. The average Bonchev–Trinajstić information content (AvgIpc) is 2.83. The molecule has 0 atom stereocenters. The van der Waals surface area contributed by atoms with E-state index in [1.54, 1.807) is 0 Å². The topological polar surface area (TPSA) is 103 Å². The van der Waals surface area contributed by atoms with Crippen molar-refractivity contribution in [2.24, 2.45) is 0 Å². The number of nitrogens with one attached hydrogen (secondary N) is 1. The van der Waals surface area contributed by atoms with Crippen molar-refractivity contribution < 1.29 is 14.3 Å². The maximum atomic E-state index is 10.8. The molecule has 0 amide bonds. The minimum atomic E-state index is -0.531. The van der Waals surface area contributed by atoms with Gasteiger partial charge in [-0.1, -0.05) is 13.8 Å². The van der Waals surface area contributed by atoms with Crippen molar-refractivity contribution in [3.05, 3.63) is 22.2 Å². The molecule has 0 radical (unpaired) electrons. The molecule has 0 aliphatic carbocycles. The molecule has 0 saturated carbocycles. The summed E-state index contributed by atoms with van der Waals surface area (Å²) < 4.78 is 10.1. The molecule has 1 heterocycles. The average molecular weight is 266 g/mol. The smallest absolute Gasteiger partial charge is 0.301 e. The van der Waals surface area contributed by atoms with Gasteiger partial charge in [-0.25, -0.2) is 4.63 Å². The van der Waals surface area contributed by atoms with Gasteiger partial charge in [-0.3, -0.25) is 10.1 Å². The molecule has 0 saturated heterocycles. The number of ether oxygens (including phenoxy) is 1.